The summed E-state index contributed by atoms with van der Waals surface area (Å²) in [6.45, 7) is 0. The standard InChI is InChI=1S/C12H12N6/c1-17-6-12(14-8-17)10-5-9(3-4-13-10)11-7-18(2)16-15-11/h3-8H,1-2H3. The van der Waals surface area contributed by atoms with Crippen LogP contribution in [0.5, 0.6) is 0 Å². The van der Waals surface area contributed by atoms with E-state index in [1.807, 2.05) is 43.2 Å². The molecule has 6 nitrogen and oxygen atoms in total. The predicted octanol–water partition coefficient (Wildman–Crippen LogP) is 1.28. The summed E-state index contributed by atoms with van der Waals surface area (Å²) in [6.07, 6.45) is 7.32. The Morgan fingerprint density at radius 1 is 1.00 bits per heavy atom. The minimum atomic E-state index is 0.831. The van der Waals surface area contributed by atoms with Gasteiger partial charge in [-0.05, 0) is 12.1 Å². The minimum absolute atomic E-state index is 0.831. The molecule has 0 spiro atoms. The molecule has 18 heavy (non-hydrogen) atoms. The molecule has 0 amide bonds. The largest absolute Gasteiger partial charge is 0.340 e. The van der Waals surface area contributed by atoms with Crippen LogP contribution in [0.15, 0.2) is 37.1 Å². The molecule has 0 saturated carbocycles. The van der Waals surface area contributed by atoms with E-state index in [1.54, 1.807) is 17.2 Å². The monoisotopic (exact) mass is 240 g/mol. The first-order valence-electron chi connectivity index (χ1n) is 5.53. The highest BCUT2D eigenvalue weighted by Crippen LogP contribution is 2.21. The van der Waals surface area contributed by atoms with Crippen molar-refractivity contribution in [1.29, 1.82) is 0 Å². The maximum absolute atomic E-state index is 4.32. The molecule has 0 aliphatic heterocycles. The second-order valence-corrected chi connectivity index (χ2v) is 4.13. The van der Waals surface area contributed by atoms with Crippen LogP contribution in [0.25, 0.3) is 22.6 Å². The molecule has 90 valence electrons. The minimum Gasteiger partial charge on any atom is -0.340 e. The zero-order chi connectivity index (χ0) is 12.5. The Balaban J connectivity index is 2.04. The molecular formula is C12H12N6. The van der Waals surface area contributed by atoms with Gasteiger partial charge >= 0.3 is 0 Å². The van der Waals surface area contributed by atoms with Gasteiger partial charge in [-0.15, -0.1) is 5.10 Å². The first-order chi connectivity index (χ1) is 8.72. The van der Waals surface area contributed by atoms with Crippen molar-refractivity contribution in [2.24, 2.45) is 14.1 Å². The van der Waals surface area contributed by atoms with Crippen molar-refractivity contribution >= 4 is 0 Å². The molecule has 0 aliphatic carbocycles. The van der Waals surface area contributed by atoms with Crippen molar-refractivity contribution in [3.8, 4) is 22.6 Å². The highest BCUT2D eigenvalue weighted by atomic mass is 15.4. The smallest absolute Gasteiger partial charge is 0.113 e. The van der Waals surface area contributed by atoms with E-state index in [9.17, 15) is 0 Å². The lowest BCUT2D eigenvalue weighted by molar-refractivity contribution is 0.715. The van der Waals surface area contributed by atoms with Gasteiger partial charge in [-0.3, -0.25) is 9.67 Å². The Kier molecular flexibility index (Phi) is 2.40. The first-order valence-corrected chi connectivity index (χ1v) is 5.53. The lowest BCUT2D eigenvalue weighted by Gasteiger charge is -1.99. The van der Waals surface area contributed by atoms with Gasteiger partial charge in [0, 0.05) is 32.1 Å². The van der Waals surface area contributed by atoms with Crippen LogP contribution in [0.2, 0.25) is 0 Å². The van der Waals surface area contributed by atoms with E-state index in [-0.39, 0.29) is 0 Å². The molecule has 0 N–H and O–H groups in total. The molecule has 0 radical (unpaired) electrons. The third kappa shape index (κ3) is 1.88. The van der Waals surface area contributed by atoms with Gasteiger partial charge in [-0.25, -0.2) is 4.98 Å². The number of aryl methyl sites for hydroxylation is 2. The van der Waals surface area contributed by atoms with E-state index in [0.29, 0.717) is 0 Å². The number of hydrogen-bond acceptors (Lipinski definition) is 4. The first kappa shape index (κ1) is 10.6. The van der Waals surface area contributed by atoms with Crippen LogP contribution in [-0.4, -0.2) is 29.5 Å². The maximum atomic E-state index is 4.32. The van der Waals surface area contributed by atoms with Crippen LogP contribution in [0.4, 0.5) is 0 Å². The Labute approximate surface area is 104 Å². The van der Waals surface area contributed by atoms with E-state index in [4.69, 9.17) is 0 Å². The normalized spacial score (nSPS) is 10.8. The highest BCUT2D eigenvalue weighted by Gasteiger charge is 2.07. The summed E-state index contributed by atoms with van der Waals surface area (Å²) in [4.78, 5) is 8.61. The average Bonchev–Trinajstić information content (AvgIpc) is 2.98. The Morgan fingerprint density at radius 3 is 2.56 bits per heavy atom. The summed E-state index contributed by atoms with van der Waals surface area (Å²) in [7, 11) is 3.78. The van der Waals surface area contributed by atoms with Crippen molar-refractivity contribution < 1.29 is 0 Å². The van der Waals surface area contributed by atoms with Gasteiger partial charge in [-0.1, -0.05) is 5.21 Å². The van der Waals surface area contributed by atoms with Gasteiger partial charge in [0.05, 0.1) is 18.2 Å². The predicted molar refractivity (Wildman–Crippen MR) is 66.4 cm³/mol. The van der Waals surface area contributed by atoms with Crippen molar-refractivity contribution in [3.05, 3.63) is 37.1 Å². The zero-order valence-electron chi connectivity index (χ0n) is 10.1. The van der Waals surface area contributed by atoms with Crippen LogP contribution in [0.1, 0.15) is 0 Å². The van der Waals surface area contributed by atoms with Crippen LogP contribution in [0, 0.1) is 0 Å². The molecule has 0 saturated heterocycles. The molecule has 0 aliphatic rings. The second-order valence-electron chi connectivity index (χ2n) is 4.13. The molecule has 0 fully saturated rings. The van der Waals surface area contributed by atoms with Gasteiger partial charge in [-0.2, -0.15) is 0 Å². The van der Waals surface area contributed by atoms with E-state index in [2.05, 4.69) is 20.3 Å². The van der Waals surface area contributed by atoms with Gasteiger partial charge in [0.2, 0.25) is 0 Å². The Morgan fingerprint density at radius 2 is 1.89 bits per heavy atom. The lowest BCUT2D eigenvalue weighted by Crippen LogP contribution is -1.86. The molecule has 0 bridgehead atoms. The molecule has 0 atom stereocenters. The summed E-state index contributed by atoms with van der Waals surface area (Å²) in [5.74, 6) is 0. The van der Waals surface area contributed by atoms with Gasteiger partial charge in [0.1, 0.15) is 11.4 Å². The molecule has 3 heterocycles. The van der Waals surface area contributed by atoms with Crippen molar-refractivity contribution in [2.75, 3.05) is 0 Å². The van der Waals surface area contributed by atoms with Gasteiger partial charge in [0.25, 0.3) is 0 Å². The molecule has 3 aromatic rings. The summed E-state index contributed by atoms with van der Waals surface area (Å²) >= 11 is 0. The SMILES string of the molecule is Cn1cnc(-c2cc(-c3cn(C)nn3)ccn2)c1. The zero-order valence-corrected chi connectivity index (χ0v) is 10.1. The molecular weight excluding hydrogens is 228 g/mol. The van der Waals surface area contributed by atoms with Crippen molar-refractivity contribution in [3.63, 3.8) is 0 Å². The molecule has 0 aromatic carbocycles. The molecule has 3 rings (SSSR count). The summed E-state index contributed by atoms with van der Waals surface area (Å²) in [6, 6.07) is 3.88. The maximum Gasteiger partial charge on any atom is 0.113 e. The van der Waals surface area contributed by atoms with E-state index in [0.717, 1.165) is 22.6 Å². The van der Waals surface area contributed by atoms with E-state index < -0.39 is 0 Å². The topological polar surface area (TPSA) is 61.4 Å². The third-order valence-corrected chi connectivity index (χ3v) is 2.63. The van der Waals surface area contributed by atoms with Crippen LogP contribution in [0.3, 0.4) is 0 Å². The van der Waals surface area contributed by atoms with Gasteiger partial charge < -0.3 is 4.57 Å². The van der Waals surface area contributed by atoms with E-state index in [1.165, 1.54) is 0 Å². The lowest BCUT2D eigenvalue weighted by atomic mass is 10.1. The van der Waals surface area contributed by atoms with Crippen molar-refractivity contribution in [1.82, 2.24) is 29.5 Å². The number of imidazole rings is 1. The fourth-order valence-corrected chi connectivity index (χ4v) is 1.75. The van der Waals surface area contributed by atoms with Gasteiger partial charge in [0.15, 0.2) is 0 Å². The molecule has 0 unspecified atom stereocenters. The number of nitrogens with zero attached hydrogens (tertiary/aromatic N) is 6. The van der Waals surface area contributed by atoms with Crippen LogP contribution >= 0.6 is 0 Å². The highest BCUT2D eigenvalue weighted by molar-refractivity contribution is 5.65. The Bertz CT molecular complexity index is 626. The van der Waals surface area contributed by atoms with E-state index >= 15 is 0 Å². The molecule has 6 heteroatoms. The number of hydrogen-bond donors (Lipinski definition) is 0. The van der Waals surface area contributed by atoms with Crippen molar-refractivity contribution in [2.45, 2.75) is 0 Å². The average molecular weight is 240 g/mol. The summed E-state index contributed by atoms with van der Waals surface area (Å²) in [5, 5.41) is 8.01. The third-order valence-electron chi connectivity index (χ3n) is 2.63. The quantitative estimate of drug-likeness (QED) is 0.677. The summed E-state index contributed by atoms with van der Waals surface area (Å²) < 4.78 is 3.57. The number of rotatable bonds is 2. The second kappa shape index (κ2) is 4.06. The molecule has 3 aromatic heterocycles. The number of pyridine rings is 1. The fourth-order valence-electron chi connectivity index (χ4n) is 1.75. The van der Waals surface area contributed by atoms with Crippen LogP contribution in [-0.2, 0) is 14.1 Å². The summed E-state index contributed by atoms with van der Waals surface area (Å²) in [5.41, 5.74) is 3.50. The fraction of sp³-hybridized carbons (Fsp3) is 0.167. The Hall–Kier alpha value is -2.50. The number of aromatic nitrogens is 6. The van der Waals surface area contributed by atoms with Crippen LogP contribution < -0.4 is 0 Å².